The molecule has 0 aromatic heterocycles. The standard InChI is InChI=1S/C43H46BF5N2O8S/c1-42(2)43(3,4)59-44(58-42)30-18-13-26(14-19-30)24-57-50-41(54)31-20-17-29(22-33(31)52)32(21-25-11-15-28(16-12-25)27-9-7-6-8-10-27)34(53)23-51(5)60(55,56)40-38(48)36(46)35(45)37(47)39(40)49/h11-20,22,27,32,52H,6-10,21,23-24H2,1-5H3,(H,50,54). The van der Waals surface area contributed by atoms with Crippen molar-refractivity contribution < 1.29 is 59.2 Å². The van der Waals surface area contributed by atoms with Crippen molar-refractivity contribution in [2.45, 2.75) is 101 Å². The lowest BCUT2D eigenvalue weighted by molar-refractivity contribution is -0.120. The number of carbonyl (C=O) groups excluding carboxylic acids is 2. The highest BCUT2D eigenvalue weighted by molar-refractivity contribution is 7.89. The van der Waals surface area contributed by atoms with Crippen LogP contribution in [0, 0.1) is 29.1 Å². The van der Waals surface area contributed by atoms with E-state index in [1.54, 1.807) is 12.1 Å². The molecule has 2 aliphatic rings. The average Bonchev–Trinajstić information content (AvgIpc) is 3.44. The molecule has 1 atom stereocenters. The predicted octanol–water partition coefficient (Wildman–Crippen LogP) is 7.51. The van der Waals surface area contributed by atoms with E-state index >= 15 is 0 Å². The number of aromatic hydroxyl groups is 1. The predicted molar refractivity (Wildman–Crippen MR) is 212 cm³/mol. The van der Waals surface area contributed by atoms with E-state index in [-0.39, 0.29) is 28.5 Å². The smallest absolute Gasteiger partial charge is 0.494 e. The third kappa shape index (κ3) is 9.30. The van der Waals surface area contributed by atoms with E-state index in [4.69, 9.17) is 14.1 Å². The van der Waals surface area contributed by atoms with Crippen LogP contribution < -0.4 is 10.9 Å². The third-order valence-corrected chi connectivity index (χ3v) is 13.5. The Kier molecular flexibility index (Phi) is 13.3. The summed E-state index contributed by atoms with van der Waals surface area (Å²) in [6.07, 6.45) is 5.46. The molecule has 0 bridgehead atoms. The number of nitrogens with zero attached hydrogens (tertiary/aromatic N) is 1. The zero-order valence-electron chi connectivity index (χ0n) is 33.8. The molecule has 1 heterocycles. The van der Waals surface area contributed by atoms with Gasteiger partial charge >= 0.3 is 7.12 Å². The molecule has 320 valence electrons. The highest BCUT2D eigenvalue weighted by Gasteiger charge is 2.51. The maximum absolute atomic E-state index is 14.6. The Balaban J connectivity index is 1.18. The van der Waals surface area contributed by atoms with E-state index in [1.807, 2.05) is 64.1 Å². The summed E-state index contributed by atoms with van der Waals surface area (Å²) in [7, 11) is -5.24. The van der Waals surface area contributed by atoms with Crippen LogP contribution in [0.4, 0.5) is 22.0 Å². The minimum atomic E-state index is -5.45. The molecule has 17 heteroatoms. The maximum atomic E-state index is 14.6. The summed E-state index contributed by atoms with van der Waals surface area (Å²) in [4.78, 5) is 30.4. The van der Waals surface area contributed by atoms with Gasteiger partial charge in [-0.05, 0) is 92.7 Å². The van der Waals surface area contributed by atoms with Crippen molar-refractivity contribution in [2.24, 2.45) is 0 Å². The maximum Gasteiger partial charge on any atom is 0.494 e. The van der Waals surface area contributed by atoms with E-state index in [2.05, 4.69) is 5.48 Å². The van der Waals surface area contributed by atoms with Crippen LogP contribution in [0.5, 0.6) is 5.75 Å². The molecular weight excluding hydrogens is 810 g/mol. The number of hydrogen-bond acceptors (Lipinski definition) is 8. The largest absolute Gasteiger partial charge is 0.507 e. The Morgan fingerprint density at radius 3 is 1.95 bits per heavy atom. The molecular formula is C43H46BF5N2O8S. The van der Waals surface area contributed by atoms with Gasteiger partial charge in [0.1, 0.15) is 5.75 Å². The van der Waals surface area contributed by atoms with Crippen molar-refractivity contribution in [3.63, 3.8) is 0 Å². The molecule has 1 amide bonds. The van der Waals surface area contributed by atoms with Gasteiger partial charge in [-0.3, -0.25) is 14.4 Å². The van der Waals surface area contributed by atoms with Crippen LogP contribution in [0.25, 0.3) is 0 Å². The number of rotatable bonds is 14. The molecule has 60 heavy (non-hydrogen) atoms. The summed E-state index contributed by atoms with van der Waals surface area (Å²) in [5.74, 6) is -15.6. The first kappa shape index (κ1) is 44.9. The first-order chi connectivity index (χ1) is 28.2. The van der Waals surface area contributed by atoms with E-state index in [0.29, 0.717) is 17.0 Å². The first-order valence-electron chi connectivity index (χ1n) is 19.5. The molecule has 1 saturated heterocycles. The fraction of sp³-hybridized carbons (Fsp3) is 0.395. The van der Waals surface area contributed by atoms with Crippen molar-refractivity contribution in [2.75, 3.05) is 13.6 Å². The van der Waals surface area contributed by atoms with Gasteiger partial charge in [-0.2, -0.15) is 4.31 Å². The number of phenols is 1. The molecule has 2 fully saturated rings. The topological polar surface area (TPSA) is 131 Å². The Morgan fingerprint density at radius 2 is 1.38 bits per heavy atom. The second-order valence-corrected chi connectivity index (χ2v) is 18.3. The third-order valence-electron chi connectivity index (χ3n) is 11.7. The Labute approximate surface area is 346 Å². The molecule has 10 nitrogen and oxygen atoms in total. The van der Waals surface area contributed by atoms with Gasteiger partial charge in [0.05, 0.1) is 29.9 Å². The fourth-order valence-electron chi connectivity index (χ4n) is 7.34. The average molecular weight is 857 g/mol. The van der Waals surface area contributed by atoms with Gasteiger partial charge in [0.25, 0.3) is 5.91 Å². The van der Waals surface area contributed by atoms with Crippen molar-refractivity contribution >= 4 is 34.3 Å². The van der Waals surface area contributed by atoms with Crippen LogP contribution in [-0.4, -0.2) is 61.4 Å². The highest BCUT2D eigenvalue weighted by atomic mass is 32.2. The van der Waals surface area contributed by atoms with Gasteiger partial charge in [0, 0.05) is 13.0 Å². The fourth-order valence-corrected chi connectivity index (χ4v) is 8.59. The second-order valence-electron chi connectivity index (χ2n) is 16.3. The van der Waals surface area contributed by atoms with Gasteiger partial charge in [-0.1, -0.05) is 73.9 Å². The summed E-state index contributed by atoms with van der Waals surface area (Å²) in [5.41, 5.74) is 4.47. The lowest BCUT2D eigenvalue weighted by atomic mass is 9.79. The number of nitrogens with one attached hydrogen (secondary N) is 1. The second kappa shape index (κ2) is 17.7. The van der Waals surface area contributed by atoms with E-state index in [0.717, 1.165) is 49.8 Å². The Morgan fingerprint density at radius 1 is 0.833 bits per heavy atom. The summed E-state index contributed by atoms with van der Waals surface area (Å²) in [6, 6.07) is 18.5. The highest BCUT2D eigenvalue weighted by Crippen LogP contribution is 2.37. The monoisotopic (exact) mass is 856 g/mol. The van der Waals surface area contributed by atoms with E-state index in [9.17, 15) is 45.1 Å². The van der Waals surface area contributed by atoms with Gasteiger partial charge in [-0.25, -0.2) is 35.8 Å². The van der Waals surface area contributed by atoms with Gasteiger partial charge < -0.3 is 14.4 Å². The number of hydroxylamine groups is 1. The molecule has 6 rings (SSSR count). The number of Topliss-reactive ketones (excluding diaryl/α,β-unsaturated/α-hetero) is 1. The van der Waals surface area contributed by atoms with Crippen LogP contribution in [-0.2, 0) is 42.0 Å². The number of amides is 1. The Bertz CT molecular complexity index is 2310. The number of benzene rings is 4. The normalized spacial score (nSPS) is 17.2. The van der Waals surface area contributed by atoms with Crippen molar-refractivity contribution in [3.8, 4) is 5.75 Å². The number of sulfonamides is 1. The number of carbonyl (C=O) groups is 2. The first-order valence-corrected chi connectivity index (χ1v) is 20.9. The molecule has 0 radical (unpaired) electrons. The number of halogens is 5. The molecule has 1 unspecified atom stereocenters. The summed E-state index contributed by atoms with van der Waals surface area (Å²) < 4.78 is 110. The van der Waals surface area contributed by atoms with Gasteiger partial charge in [0.2, 0.25) is 15.8 Å². The lowest BCUT2D eigenvalue weighted by Gasteiger charge is -2.32. The summed E-state index contributed by atoms with van der Waals surface area (Å²) in [5, 5.41) is 11.0. The van der Waals surface area contributed by atoms with Gasteiger partial charge in [0.15, 0.2) is 33.9 Å². The van der Waals surface area contributed by atoms with Crippen LogP contribution in [0.15, 0.2) is 71.6 Å². The van der Waals surface area contributed by atoms with Crippen LogP contribution in [0.1, 0.15) is 104 Å². The van der Waals surface area contributed by atoms with Crippen molar-refractivity contribution in [3.05, 3.63) is 124 Å². The minimum absolute atomic E-state index is 0.0359. The quantitative estimate of drug-likeness (QED) is 0.0438. The van der Waals surface area contributed by atoms with Crippen molar-refractivity contribution in [1.29, 1.82) is 0 Å². The Hall–Kier alpha value is -4.68. The number of phenolic OH excluding ortho intramolecular Hbond substituents is 1. The molecule has 1 aliphatic carbocycles. The van der Waals surface area contributed by atoms with E-state index < -0.39 is 92.2 Å². The summed E-state index contributed by atoms with van der Waals surface area (Å²) in [6.45, 7) is 6.72. The molecule has 0 spiro atoms. The van der Waals surface area contributed by atoms with Crippen molar-refractivity contribution in [1.82, 2.24) is 9.79 Å². The molecule has 4 aromatic carbocycles. The molecule has 1 saturated carbocycles. The zero-order valence-corrected chi connectivity index (χ0v) is 34.6. The number of likely N-dealkylation sites (N-methyl/N-ethyl adjacent to an activating group) is 1. The molecule has 1 aliphatic heterocycles. The minimum Gasteiger partial charge on any atom is -0.507 e. The number of hydrogen-bond donors (Lipinski definition) is 2. The van der Waals surface area contributed by atoms with Crippen LogP contribution in [0.2, 0.25) is 0 Å². The lowest BCUT2D eigenvalue weighted by Crippen LogP contribution is -2.41. The molecule has 4 aromatic rings. The number of ketones is 1. The van der Waals surface area contributed by atoms with E-state index in [1.165, 1.54) is 18.6 Å². The van der Waals surface area contributed by atoms with Gasteiger partial charge in [-0.15, -0.1) is 0 Å². The summed E-state index contributed by atoms with van der Waals surface area (Å²) >= 11 is 0. The zero-order chi connectivity index (χ0) is 43.7. The van der Waals surface area contributed by atoms with Crippen LogP contribution >= 0.6 is 0 Å². The van der Waals surface area contributed by atoms with Crippen LogP contribution in [0.3, 0.4) is 0 Å². The SMILES string of the molecule is CN(CC(=O)C(Cc1ccc(C2CCCCC2)cc1)c1ccc(C(=O)NOCc2ccc(B3OC(C)(C)C(C)(C)O3)cc2)c(O)c1)S(=O)(=O)c1c(F)c(F)c(F)c(F)c1F. The molecule has 2 N–H and O–H groups in total.